The number of amides is 2. The van der Waals surface area contributed by atoms with Gasteiger partial charge in [0, 0.05) is 18.9 Å². The summed E-state index contributed by atoms with van der Waals surface area (Å²) in [6.07, 6.45) is 1.02. The Morgan fingerprint density at radius 2 is 1.26 bits per heavy atom. The van der Waals surface area contributed by atoms with E-state index >= 15 is 0 Å². The Balaban J connectivity index is 1.68. The highest BCUT2D eigenvalue weighted by molar-refractivity contribution is 5.89. The predicted octanol–water partition coefficient (Wildman–Crippen LogP) is 2.27. The van der Waals surface area contributed by atoms with Crippen molar-refractivity contribution in [2.24, 2.45) is 17.8 Å². The minimum absolute atomic E-state index is 0.00185. The van der Waals surface area contributed by atoms with Crippen LogP contribution in [0.3, 0.4) is 0 Å². The van der Waals surface area contributed by atoms with Gasteiger partial charge in [0.25, 0.3) is 0 Å². The topological polar surface area (TPSA) is 133 Å². The molecular formula is C26H30N2O6. The average Bonchev–Trinajstić information content (AvgIpc) is 2.84. The molecule has 4 atom stereocenters. The Morgan fingerprint density at radius 3 is 1.79 bits per heavy atom. The minimum Gasteiger partial charge on any atom is -0.481 e. The van der Waals surface area contributed by atoms with E-state index in [2.05, 4.69) is 10.6 Å². The van der Waals surface area contributed by atoms with Gasteiger partial charge in [0.1, 0.15) is 6.04 Å². The van der Waals surface area contributed by atoms with Gasteiger partial charge < -0.3 is 20.8 Å². The van der Waals surface area contributed by atoms with Crippen molar-refractivity contribution in [3.63, 3.8) is 0 Å². The molecule has 0 saturated heterocycles. The summed E-state index contributed by atoms with van der Waals surface area (Å²) in [7, 11) is 0. The lowest BCUT2D eigenvalue weighted by Crippen LogP contribution is -2.51. The van der Waals surface area contributed by atoms with Crippen LogP contribution in [0.2, 0.25) is 0 Å². The highest BCUT2D eigenvalue weighted by Gasteiger charge is 2.39. The Labute approximate surface area is 198 Å². The number of hydrogen-bond acceptors (Lipinski definition) is 4. The largest absolute Gasteiger partial charge is 0.481 e. The van der Waals surface area contributed by atoms with E-state index in [9.17, 15) is 29.4 Å². The van der Waals surface area contributed by atoms with Crippen LogP contribution in [-0.2, 0) is 32.0 Å². The van der Waals surface area contributed by atoms with Gasteiger partial charge in [-0.05, 0) is 36.8 Å². The van der Waals surface area contributed by atoms with E-state index in [0.29, 0.717) is 13.0 Å². The lowest BCUT2D eigenvalue weighted by Gasteiger charge is -2.31. The summed E-state index contributed by atoms with van der Waals surface area (Å²) in [5.74, 6) is -5.64. The Morgan fingerprint density at radius 1 is 0.765 bits per heavy atom. The van der Waals surface area contributed by atoms with Crippen LogP contribution >= 0.6 is 0 Å². The molecule has 1 aliphatic carbocycles. The number of carbonyl (C=O) groups is 4. The summed E-state index contributed by atoms with van der Waals surface area (Å²) < 4.78 is 0. The fraction of sp³-hybridized carbons (Fsp3) is 0.385. The van der Waals surface area contributed by atoms with E-state index in [1.54, 1.807) is 0 Å². The van der Waals surface area contributed by atoms with Crippen LogP contribution < -0.4 is 10.6 Å². The molecular weight excluding hydrogens is 436 g/mol. The molecule has 180 valence electrons. The van der Waals surface area contributed by atoms with Crippen LogP contribution in [0.4, 0.5) is 0 Å². The third-order valence-electron chi connectivity index (χ3n) is 6.25. The van der Waals surface area contributed by atoms with Crippen LogP contribution in [0.1, 0.15) is 30.4 Å². The van der Waals surface area contributed by atoms with Crippen molar-refractivity contribution in [2.45, 2.75) is 38.1 Å². The average molecular weight is 467 g/mol. The van der Waals surface area contributed by atoms with E-state index in [-0.39, 0.29) is 31.6 Å². The van der Waals surface area contributed by atoms with Gasteiger partial charge in [0.05, 0.1) is 11.8 Å². The quantitative estimate of drug-likeness (QED) is 0.425. The Bertz CT molecular complexity index is 973. The molecule has 2 aromatic carbocycles. The molecule has 4 N–H and O–H groups in total. The third kappa shape index (κ3) is 7.16. The number of benzene rings is 2. The second kappa shape index (κ2) is 12.0. The number of carboxylic acid groups (broad SMARTS) is 2. The lowest BCUT2D eigenvalue weighted by atomic mass is 9.74. The highest BCUT2D eigenvalue weighted by atomic mass is 16.4. The summed E-state index contributed by atoms with van der Waals surface area (Å²) in [6.45, 7) is 0.398. The zero-order valence-electron chi connectivity index (χ0n) is 18.9. The number of nitrogens with one attached hydrogen (secondary N) is 2. The van der Waals surface area contributed by atoms with Gasteiger partial charge in [0.15, 0.2) is 0 Å². The maximum absolute atomic E-state index is 13.1. The molecule has 0 bridgehead atoms. The molecule has 0 aromatic heterocycles. The van der Waals surface area contributed by atoms with Gasteiger partial charge >= 0.3 is 11.9 Å². The van der Waals surface area contributed by atoms with Crippen LogP contribution in [0.15, 0.2) is 60.7 Å². The van der Waals surface area contributed by atoms with Crippen molar-refractivity contribution in [1.82, 2.24) is 10.6 Å². The van der Waals surface area contributed by atoms with E-state index in [1.807, 2.05) is 60.7 Å². The first-order chi connectivity index (χ1) is 16.3. The van der Waals surface area contributed by atoms with Gasteiger partial charge in [-0.15, -0.1) is 0 Å². The molecule has 1 fully saturated rings. The van der Waals surface area contributed by atoms with Crippen molar-refractivity contribution < 1.29 is 29.4 Å². The summed E-state index contributed by atoms with van der Waals surface area (Å²) >= 11 is 0. The lowest BCUT2D eigenvalue weighted by molar-refractivity contribution is -0.150. The maximum Gasteiger partial charge on any atom is 0.306 e. The Hall–Kier alpha value is -3.68. The molecule has 8 heteroatoms. The SMILES string of the molecule is O=C(O)[C@@H]1C[C@H](C(=O)O)C[C@H](C(=O)N[C@@H](Cc2ccccc2)C(=O)NCCc2ccccc2)C1. The molecule has 3 rings (SSSR count). The third-order valence-corrected chi connectivity index (χ3v) is 6.25. The van der Waals surface area contributed by atoms with Crippen molar-refractivity contribution in [2.75, 3.05) is 6.54 Å². The van der Waals surface area contributed by atoms with Crippen molar-refractivity contribution in [3.05, 3.63) is 71.8 Å². The number of rotatable bonds is 10. The highest BCUT2D eigenvalue weighted by Crippen LogP contribution is 2.34. The van der Waals surface area contributed by atoms with Gasteiger partial charge in [-0.25, -0.2) is 0 Å². The molecule has 1 saturated carbocycles. The molecule has 0 unspecified atom stereocenters. The van der Waals surface area contributed by atoms with Crippen LogP contribution in [0, 0.1) is 17.8 Å². The molecule has 34 heavy (non-hydrogen) atoms. The van der Waals surface area contributed by atoms with Gasteiger partial charge in [0.2, 0.25) is 11.8 Å². The van der Waals surface area contributed by atoms with E-state index < -0.39 is 41.6 Å². The number of aliphatic carboxylic acids is 2. The molecule has 1 aliphatic rings. The minimum atomic E-state index is -1.11. The number of hydrogen-bond donors (Lipinski definition) is 4. The molecule has 2 amide bonds. The second-order valence-corrected chi connectivity index (χ2v) is 8.75. The van der Waals surface area contributed by atoms with Gasteiger partial charge in [-0.2, -0.15) is 0 Å². The summed E-state index contributed by atoms with van der Waals surface area (Å²) in [5, 5.41) is 24.4. The molecule has 8 nitrogen and oxygen atoms in total. The van der Waals surface area contributed by atoms with Crippen LogP contribution in [0.25, 0.3) is 0 Å². The number of carboxylic acids is 2. The van der Waals surface area contributed by atoms with Crippen molar-refractivity contribution in [3.8, 4) is 0 Å². The molecule has 0 aliphatic heterocycles. The van der Waals surface area contributed by atoms with Crippen molar-refractivity contribution in [1.29, 1.82) is 0 Å². The first-order valence-electron chi connectivity index (χ1n) is 11.4. The fourth-order valence-electron chi connectivity index (χ4n) is 4.38. The first kappa shape index (κ1) is 25.0. The molecule has 0 heterocycles. The molecule has 0 radical (unpaired) electrons. The van der Waals surface area contributed by atoms with Crippen LogP contribution in [-0.4, -0.2) is 46.6 Å². The monoisotopic (exact) mass is 466 g/mol. The summed E-state index contributed by atoms with van der Waals surface area (Å²) in [4.78, 5) is 49.1. The zero-order chi connectivity index (χ0) is 24.5. The summed E-state index contributed by atoms with van der Waals surface area (Å²) in [6, 6.07) is 18.1. The van der Waals surface area contributed by atoms with Gasteiger partial charge in [-0.1, -0.05) is 60.7 Å². The normalized spacial score (nSPS) is 20.6. The smallest absolute Gasteiger partial charge is 0.306 e. The van der Waals surface area contributed by atoms with Gasteiger partial charge in [-0.3, -0.25) is 19.2 Å². The van der Waals surface area contributed by atoms with E-state index in [0.717, 1.165) is 11.1 Å². The van der Waals surface area contributed by atoms with E-state index in [4.69, 9.17) is 0 Å². The zero-order valence-corrected chi connectivity index (χ0v) is 18.9. The Kier molecular flexibility index (Phi) is 8.79. The van der Waals surface area contributed by atoms with Crippen LogP contribution in [0.5, 0.6) is 0 Å². The second-order valence-electron chi connectivity index (χ2n) is 8.75. The van der Waals surface area contributed by atoms with Crippen molar-refractivity contribution >= 4 is 23.8 Å². The molecule has 2 aromatic rings. The van der Waals surface area contributed by atoms with E-state index in [1.165, 1.54) is 0 Å². The molecule has 0 spiro atoms. The standard InChI is InChI=1S/C26H30N2O6/c29-23(19-14-20(25(31)32)16-21(15-19)26(33)34)28-22(13-18-9-5-2-6-10-18)24(30)27-12-11-17-7-3-1-4-8-17/h1-10,19-22H,11-16H2,(H,27,30)(H,28,29)(H,31,32)(H,33,34)/t19-,20+,21-,22-/m0/s1. The summed E-state index contributed by atoms with van der Waals surface area (Å²) in [5.41, 5.74) is 1.94. The predicted molar refractivity (Wildman–Crippen MR) is 125 cm³/mol. The number of carbonyl (C=O) groups excluding carboxylic acids is 2. The maximum atomic E-state index is 13.1. The first-order valence-corrected chi connectivity index (χ1v) is 11.4. The fourth-order valence-corrected chi connectivity index (χ4v) is 4.38.